The molecule has 11 heavy (non-hydrogen) atoms. The van der Waals surface area contributed by atoms with Crippen LogP contribution in [0.4, 0.5) is 0 Å². The minimum Gasteiger partial charge on any atom is -0.249 e. The van der Waals surface area contributed by atoms with Crippen molar-refractivity contribution in [1.29, 1.82) is 0 Å². The maximum atomic E-state index is 5.50. The lowest BCUT2D eigenvalue weighted by atomic mass is 10.3. The van der Waals surface area contributed by atoms with E-state index in [1.807, 2.05) is 11.6 Å². The standard InChI is InChI=1S/C8H10ClNS/c9-5-3-1-2-4-8-10-6-7-11-8/h1-2,6-7H,3-5H2. The minimum atomic E-state index is 0.703. The van der Waals surface area contributed by atoms with Gasteiger partial charge in [-0.3, -0.25) is 0 Å². The number of hydrogen-bond acceptors (Lipinski definition) is 2. The monoisotopic (exact) mass is 187 g/mol. The zero-order chi connectivity index (χ0) is 7.94. The van der Waals surface area contributed by atoms with Crippen LogP contribution in [0.5, 0.6) is 0 Å². The van der Waals surface area contributed by atoms with Crippen molar-refractivity contribution in [3.05, 3.63) is 28.7 Å². The molecule has 0 N–H and O–H groups in total. The van der Waals surface area contributed by atoms with E-state index < -0.39 is 0 Å². The van der Waals surface area contributed by atoms with Gasteiger partial charge in [-0.25, -0.2) is 4.98 Å². The molecular formula is C8H10ClNS. The molecule has 1 heterocycles. The molecule has 0 radical (unpaired) electrons. The number of hydrogen-bond donors (Lipinski definition) is 0. The van der Waals surface area contributed by atoms with Gasteiger partial charge in [0, 0.05) is 23.9 Å². The summed E-state index contributed by atoms with van der Waals surface area (Å²) in [6, 6.07) is 0. The molecule has 0 amide bonds. The van der Waals surface area contributed by atoms with E-state index in [0.717, 1.165) is 17.8 Å². The second-order valence-electron chi connectivity index (χ2n) is 2.08. The topological polar surface area (TPSA) is 12.9 Å². The van der Waals surface area contributed by atoms with Crippen molar-refractivity contribution in [2.45, 2.75) is 12.8 Å². The van der Waals surface area contributed by atoms with Crippen LogP contribution in [-0.2, 0) is 6.42 Å². The molecule has 0 saturated heterocycles. The largest absolute Gasteiger partial charge is 0.249 e. The van der Waals surface area contributed by atoms with Gasteiger partial charge in [-0.2, -0.15) is 0 Å². The molecule has 0 unspecified atom stereocenters. The second-order valence-corrected chi connectivity index (χ2v) is 3.44. The fourth-order valence-corrected chi connectivity index (χ4v) is 1.44. The molecule has 0 aliphatic carbocycles. The van der Waals surface area contributed by atoms with E-state index in [1.165, 1.54) is 0 Å². The molecular weight excluding hydrogens is 178 g/mol. The van der Waals surface area contributed by atoms with Gasteiger partial charge in [0.25, 0.3) is 0 Å². The highest BCUT2D eigenvalue weighted by Crippen LogP contribution is 2.05. The Hall–Kier alpha value is -0.340. The van der Waals surface area contributed by atoms with E-state index in [2.05, 4.69) is 17.1 Å². The molecule has 0 aromatic carbocycles. The average molecular weight is 188 g/mol. The van der Waals surface area contributed by atoms with Crippen molar-refractivity contribution >= 4 is 22.9 Å². The Morgan fingerprint density at radius 3 is 3.09 bits per heavy atom. The molecule has 0 aliphatic rings. The maximum absolute atomic E-state index is 5.50. The van der Waals surface area contributed by atoms with Gasteiger partial charge in [-0.15, -0.1) is 22.9 Å². The van der Waals surface area contributed by atoms with Crippen LogP contribution in [0.3, 0.4) is 0 Å². The van der Waals surface area contributed by atoms with Crippen LogP contribution >= 0.6 is 22.9 Å². The zero-order valence-electron chi connectivity index (χ0n) is 6.16. The number of nitrogens with zero attached hydrogens (tertiary/aromatic N) is 1. The van der Waals surface area contributed by atoms with Crippen molar-refractivity contribution in [3.8, 4) is 0 Å². The van der Waals surface area contributed by atoms with Gasteiger partial charge in [0.05, 0.1) is 5.01 Å². The van der Waals surface area contributed by atoms with E-state index in [4.69, 9.17) is 11.6 Å². The molecule has 0 fully saturated rings. The summed E-state index contributed by atoms with van der Waals surface area (Å²) in [5.41, 5.74) is 0. The zero-order valence-corrected chi connectivity index (χ0v) is 7.74. The van der Waals surface area contributed by atoms with Crippen LogP contribution in [0.25, 0.3) is 0 Å². The molecule has 0 aliphatic heterocycles. The number of allylic oxidation sites excluding steroid dienone is 2. The van der Waals surface area contributed by atoms with Crippen LogP contribution in [0.2, 0.25) is 0 Å². The lowest BCUT2D eigenvalue weighted by Crippen LogP contribution is -1.76. The van der Waals surface area contributed by atoms with Crippen LogP contribution in [0, 0.1) is 0 Å². The summed E-state index contributed by atoms with van der Waals surface area (Å²) in [6.07, 6.45) is 7.92. The first-order chi connectivity index (χ1) is 5.43. The van der Waals surface area contributed by atoms with Gasteiger partial charge in [-0.1, -0.05) is 12.2 Å². The van der Waals surface area contributed by atoms with Crippen LogP contribution in [0.1, 0.15) is 11.4 Å². The fourth-order valence-electron chi connectivity index (χ4n) is 0.719. The SMILES string of the molecule is ClCCC=CCc1nccs1. The first-order valence-corrected chi connectivity index (χ1v) is 4.94. The fraction of sp³-hybridized carbons (Fsp3) is 0.375. The summed E-state index contributed by atoms with van der Waals surface area (Å²) in [5.74, 6) is 0.703. The first-order valence-electron chi connectivity index (χ1n) is 3.53. The Bertz CT molecular complexity index is 206. The highest BCUT2D eigenvalue weighted by Gasteiger charge is 1.88. The van der Waals surface area contributed by atoms with Crippen molar-refractivity contribution in [2.24, 2.45) is 0 Å². The molecule has 1 rings (SSSR count). The lowest BCUT2D eigenvalue weighted by molar-refractivity contribution is 1.15. The third-order valence-electron chi connectivity index (χ3n) is 1.22. The number of aromatic nitrogens is 1. The molecule has 0 spiro atoms. The van der Waals surface area contributed by atoms with E-state index in [-0.39, 0.29) is 0 Å². The second kappa shape index (κ2) is 5.33. The molecule has 1 nitrogen and oxygen atoms in total. The van der Waals surface area contributed by atoms with Gasteiger partial charge in [0.2, 0.25) is 0 Å². The number of halogens is 1. The first kappa shape index (κ1) is 8.75. The maximum Gasteiger partial charge on any atom is 0.0962 e. The molecule has 0 bridgehead atoms. The minimum absolute atomic E-state index is 0.703. The van der Waals surface area contributed by atoms with Gasteiger partial charge in [-0.05, 0) is 6.42 Å². The summed E-state index contributed by atoms with van der Waals surface area (Å²) < 4.78 is 0. The highest BCUT2D eigenvalue weighted by molar-refractivity contribution is 7.09. The Balaban J connectivity index is 2.23. The smallest absolute Gasteiger partial charge is 0.0962 e. The number of thiazole rings is 1. The van der Waals surface area contributed by atoms with Gasteiger partial charge in [0.15, 0.2) is 0 Å². The number of rotatable bonds is 4. The molecule has 3 heteroatoms. The third-order valence-corrected chi connectivity index (χ3v) is 2.24. The van der Waals surface area contributed by atoms with Gasteiger partial charge < -0.3 is 0 Å². The molecule has 60 valence electrons. The Kier molecular flexibility index (Phi) is 4.24. The Morgan fingerprint density at radius 2 is 2.45 bits per heavy atom. The molecule has 1 aromatic heterocycles. The van der Waals surface area contributed by atoms with E-state index in [9.17, 15) is 0 Å². The molecule has 1 aromatic rings. The molecule has 0 atom stereocenters. The summed E-state index contributed by atoms with van der Waals surface area (Å²) in [5, 5.41) is 3.15. The van der Waals surface area contributed by atoms with Crippen molar-refractivity contribution < 1.29 is 0 Å². The number of alkyl halides is 1. The summed E-state index contributed by atoms with van der Waals surface area (Å²) in [6.45, 7) is 0. The van der Waals surface area contributed by atoms with Crippen LogP contribution < -0.4 is 0 Å². The predicted octanol–water partition coefficient (Wildman–Crippen LogP) is 2.87. The summed E-state index contributed by atoms with van der Waals surface area (Å²) in [7, 11) is 0. The van der Waals surface area contributed by atoms with E-state index >= 15 is 0 Å². The Labute approximate surface area is 75.7 Å². The summed E-state index contributed by atoms with van der Waals surface area (Å²) in [4.78, 5) is 4.15. The third kappa shape index (κ3) is 3.54. The highest BCUT2D eigenvalue weighted by atomic mass is 35.5. The van der Waals surface area contributed by atoms with Crippen LogP contribution in [0.15, 0.2) is 23.7 Å². The molecule has 0 saturated carbocycles. The van der Waals surface area contributed by atoms with Crippen LogP contribution in [-0.4, -0.2) is 10.9 Å². The Morgan fingerprint density at radius 1 is 1.55 bits per heavy atom. The van der Waals surface area contributed by atoms with E-state index in [0.29, 0.717) is 5.88 Å². The van der Waals surface area contributed by atoms with E-state index in [1.54, 1.807) is 11.3 Å². The predicted molar refractivity (Wildman–Crippen MR) is 50.3 cm³/mol. The average Bonchev–Trinajstić information content (AvgIpc) is 2.50. The lowest BCUT2D eigenvalue weighted by Gasteiger charge is -1.85. The van der Waals surface area contributed by atoms with Crippen molar-refractivity contribution in [1.82, 2.24) is 4.98 Å². The van der Waals surface area contributed by atoms with Gasteiger partial charge >= 0.3 is 0 Å². The van der Waals surface area contributed by atoms with Gasteiger partial charge in [0.1, 0.15) is 0 Å². The van der Waals surface area contributed by atoms with Crippen molar-refractivity contribution in [3.63, 3.8) is 0 Å². The summed E-state index contributed by atoms with van der Waals surface area (Å²) >= 11 is 7.18. The quantitative estimate of drug-likeness (QED) is 0.522. The normalized spacial score (nSPS) is 11.0. The van der Waals surface area contributed by atoms with Crippen molar-refractivity contribution in [2.75, 3.05) is 5.88 Å².